The van der Waals surface area contributed by atoms with Crippen molar-refractivity contribution < 1.29 is 4.79 Å². The van der Waals surface area contributed by atoms with Crippen LogP contribution in [0.4, 0.5) is 5.13 Å². The number of aromatic nitrogens is 1. The summed E-state index contributed by atoms with van der Waals surface area (Å²) in [5, 5.41) is 4.41. The molecule has 0 aliphatic carbocycles. The first-order valence-corrected chi connectivity index (χ1v) is 9.92. The quantitative estimate of drug-likeness (QED) is 0.890. The molecule has 4 rings (SSSR count). The maximum Gasteiger partial charge on any atom is 0.223 e. The van der Waals surface area contributed by atoms with Gasteiger partial charge in [0.2, 0.25) is 5.91 Å². The summed E-state index contributed by atoms with van der Waals surface area (Å²) in [6.07, 6.45) is 0.640. The number of benzene rings is 1. The largest absolute Gasteiger partial charge is 0.345 e. The van der Waals surface area contributed by atoms with E-state index >= 15 is 0 Å². The summed E-state index contributed by atoms with van der Waals surface area (Å²) in [5.41, 5.74) is 1.09. The highest BCUT2D eigenvalue weighted by molar-refractivity contribution is 7.22. The van der Waals surface area contributed by atoms with Crippen LogP contribution in [0.2, 0.25) is 0 Å². The van der Waals surface area contributed by atoms with Crippen molar-refractivity contribution in [2.24, 2.45) is 0 Å². The van der Waals surface area contributed by atoms with E-state index in [1.807, 2.05) is 11.0 Å². The molecule has 1 aromatic heterocycles. The normalized spacial score (nSPS) is 19.5. The van der Waals surface area contributed by atoms with E-state index in [-0.39, 0.29) is 0 Å². The minimum Gasteiger partial charge on any atom is -0.345 e. The SMILES string of the molecule is O=C(CCN1CCN(c2nc3ccccc3s2)CC1)N1CCNCC1. The minimum atomic E-state index is 0.301. The van der Waals surface area contributed by atoms with Crippen LogP contribution in [0, 0.1) is 0 Å². The highest BCUT2D eigenvalue weighted by atomic mass is 32.1. The van der Waals surface area contributed by atoms with Gasteiger partial charge in [0, 0.05) is 65.3 Å². The lowest BCUT2D eigenvalue weighted by atomic mass is 10.2. The van der Waals surface area contributed by atoms with E-state index in [0.29, 0.717) is 12.3 Å². The van der Waals surface area contributed by atoms with Crippen LogP contribution in [-0.2, 0) is 4.79 Å². The van der Waals surface area contributed by atoms with Crippen LogP contribution in [0.15, 0.2) is 24.3 Å². The average Bonchev–Trinajstić information content (AvgIpc) is 3.11. The van der Waals surface area contributed by atoms with Gasteiger partial charge in [0.25, 0.3) is 0 Å². The van der Waals surface area contributed by atoms with E-state index in [9.17, 15) is 4.79 Å². The Bertz CT molecular complexity index is 686. The maximum atomic E-state index is 12.3. The zero-order chi connectivity index (χ0) is 17.1. The molecule has 0 spiro atoms. The fourth-order valence-corrected chi connectivity index (χ4v) is 4.50. The van der Waals surface area contributed by atoms with Crippen molar-refractivity contribution in [1.82, 2.24) is 20.1 Å². The van der Waals surface area contributed by atoms with Gasteiger partial charge < -0.3 is 15.1 Å². The fourth-order valence-electron chi connectivity index (χ4n) is 3.48. The average molecular weight is 359 g/mol. The number of amides is 1. The first-order chi connectivity index (χ1) is 12.3. The van der Waals surface area contributed by atoms with Crippen LogP contribution in [0.5, 0.6) is 0 Å². The summed E-state index contributed by atoms with van der Waals surface area (Å²) < 4.78 is 1.25. The molecular weight excluding hydrogens is 334 g/mol. The lowest BCUT2D eigenvalue weighted by Gasteiger charge is -2.35. The van der Waals surface area contributed by atoms with Gasteiger partial charge in [-0.05, 0) is 12.1 Å². The summed E-state index contributed by atoms with van der Waals surface area (Å²) in [6, 6.07) is 8.32. The predicted octanol–water partition coefficient (Wildman–Crippen LogP) is 1.24. The van der Waals surface area contributed by atoms with Crippen LogP contribution < -0.4 is 10.2 Å². The molecule has 2 saturated heterocycles. The van der Waals surface area contributed by atoms with Gasteiger partial charge in [0.1, 0.15) is 0 Å². The molecule has 0 bridgehead atoms. The minimum absolute atomic E-state index is 0.301. The fraction of sp³-hybridized carbons (Fsp3) is 0.556. The second kappa shape index (κ2) is 7.68. The van der Waals surface area contributed by atoms with E-state index < -0.39 is 0 Å². The molecule has 2 aliphatic rings. The molecule has 3 heterocycles. The number of thiazole rings is 1. The number of nitrogens with one attached hydrogen (secondary N) is 1. The smallest absolute Gasteiger partial charge is 0.223 e. The Morgan fingerprint density at radius 3 is 2.60 bits per heavy atom. The van der Waals surface area contributed by atoms with E-state index in [2.05, 4.69) is 33.3 Å². The first-order valence-electron chi connectivity index (χ1n) is 9.11. The van der Waals surface area contributed by atoms with E-state index in [1.165, 1.54) is 4.70 Å². The van der Waals surface area contributed by atoms with Crippen molar-refractivity contribution in [3.05, 3.63) is 24.3 Å². The van der Waals surface area contributed by atoms with Crippen molar-refractivity contribution >= 4 is 32.6 Å². The topological polar surface area (TPSA) is 51.7 Å². The van der Waals surface area contributed by atoms with Gasteiger partial charge in [-0.1, -0.05) is 23.5 Å². The van der Waals surface area contributed by atoms with Crippen LogP contribution in [-0.4, -0.2) is 79.6 Å². The number of rotatable bonds is 4. The molecule has 0 unspecified atom stereocenters. The third kappa shape index (κ3) is 3.94. The number of hydrogen-bond acceptors (Lipinski definition) is 6. The molecule has 6 nitrogen and oxygen atoms in total. The van der Waals surface area contributed by atoms with Gasteiger partial charge >= 0.3 is 0 Å². The van der Waals surface area contributed by atoms with E-state index in [4.69, 9.17) is 4.98 Å². The molecule has 2 aliphatic heterocycles. The molecule has 134 valence electrons. The van der Waals surface area contributed by atoms with Gasteiger partial charge in [-0.3, -0.25) is 9.69 Å². The standard InChI is InChI=1S/C18H25N5OS/c24-17(22-9-6-19-7-10-22)5-8-21-11-13-23(14-12-21)18-20-15-3-1-2-4-16(15)25-18/h1-4,19H,5-14H2. The highest BCUT2D eigenvalue weighted by Crippen LogP contribution is 2.29. The molecule has 25 heavy (non-hydrogen) atoms. The van der Waals surface area contributed by atoms with Crippen molar-refractivity contribution in [3.63, 3.8) is 0 Å². The number of carbonyl (C=O) groups excluding carboxylic acids is 1. The highest BCUT2D eigenvalue weighted by Gasteiger charge is 2.21. The lowest BCUT2D eigenvalue weighted by Crippen LogP contribution is -2.49. The zero-order valence-corrected chi connectivity index (χ0v) is 15.3. The van der Waals surface area contributed by atoms with Gasteiger partial charge in [0.15, 0.2) is 5.13 Å². The first kappa shape index (κ1) is 16.8. The Labute approximate surface area is 152 Å². The maximum absolute atomic E-state index is 12.3. The summed E-state index contributed by atoms with van der Waals surface area (Å²) in [4.78, 5) is 23.8. The third-order valence-corrected chi connectivity index (χ3v) is 6.13. The van der Waals surface area contributed by atoms with Crippen LogP contribution in [0.25, 0.3) is 10.2 Å². The Kier molecular flexibility index (Phi) is 5.14. The van der Waals surface area contributed by atoms with Gasteiger partial charge in [-0.25, -0.2) is 4.98 Å². The molecular formula is C18H25N5OS. The van der Waals surface area contributed by atoms with Crippen molar-refractivity contribution in [2.75, 3.05) is 63.8 Å². The van der Waals surface area contributed by atoms with Crippen molar-refractivity contribution in [3.8, 4) is 0 Å². The van der Waals surface area contributed by atoms with Crippen molar-refractivity contribution in [1.29, 1.82) is 0 Å². The molecule has 0 atom stereocenters. The van der Waals surface area contributed by atoms with Gasteiger partial charge in [-0.2, -0.15) is 0 Å². The monoisotopic (exact) mass is 359 g/mol. The molecule has 0 radical (unpaired) electrons. The van der Waals surface area contributed by atoms with Gasteiger partial charge in [-0.15, -0.1) is 0 Å². The zero-order valence-electron chi connectivity index (χ0n) is 14.5. The summed E-state index contributed by atoms with van der Waals surface area (Å²) >= 11 is 1.77. The Hall–Kier alpha value is -1.70. The molecule has 1 amide bonds. The summed E-state index contributed by atoms with van der Waals surface area (Å²) in [5.74, 6) is 0.301. The molecule has 1 aromatic carbocycles. The molecule has 2 fully saturated rings. The van der Waals surface area contributed by atoms with Crippen LogP contribution in [0.1, 0.15) is 6.42 Å². The molecule has 0 saturated carbocycles. The number of piperazine rings is 2. The predicted molar refractivity (Wildman–Crippen MR) is 102 cm³/mol. The number of hydrogen-bond donors (Lipinski definition) is 1. The number of fused-ring (bicyclic) bond motifs is 1. The molecule has 1 N–H and O–H groups in total. The molecule has 7 heteroatoms. The number of carbonyl (C=O) groups is 1. The number of para-hydroxylation sites is 1. The Balaban J connectivity index is 1.26. The number of nitrogens with zero attached hydrogens (tertiary/aromatic N) is 4. The summed E-state index contributed by atoms with van der Waals surface area (Å²) in [7, 11) is 0. The second-order valence-corrected chi connectivity index (χ2v) is 7.68. The Morgan fingerprint density at radius 2 is 1.84 bits per heavy atom. The lowest BCUT2D eigenvalue weighted by molar-refractivity contribution is -0.132. The molecule has 2 aromatic rings. The summed E-state index contributed by atoms with van der Waals surface area (Å²) in [6.45, 7) is 8.41. The van der Waals surface area contributed by atoms with E-state index in [1.54, 1.807) is 11.3 Å². The third-order valence-electron chi connectivity index (χ3n) is 5.04. The number of anilines is 1. The van der Waals surface area contributed by atoms with Gasteiger partial charge in [0.05, 0.1) is 10.2 Å². The van der Waals surface area contributed by atoms with E-state index in [0.717, 1.165) is 69.6 Å². The van der Waals surface area contributed by atoms with Crippen LogP contribution >= 0.6 is 11.3 Å². The Morgan fingerprint density at radius 1 is 1.08 bits per heavy atom. The van der Waals surface area contributed by atoms with Crippen molar-refractivity contribution in [2.45, 2.75) is 6.42 Å². The second-order valence-electron chi connectivity index (χ2n) is 6.67. The van der Waals surface area contributed by atoms with Crippen LogP contribution in [0.3, 0.4) is 0 Å².